The van der Waals surface area contributed by atoms with Gasteiger partial charge < -0.3 is 10.6 Å². The number of nitrogens with two attached hydrogens (primary N) is 1. The molecule has 0 atom stereocenters. The Morgan fingerprint density at radius 2 is 2.10 bits per heavy atom. The lowest BCUT2D eigenvalue weighted by Gasteiger charge is -2.16. The quantitative estimate of drug-likeness (QED) is 0.635. The lowest BCUT2D eigenvalue weighted by molar-refractivity contribution is -0.127. The Kier molecular flexibility index (Phi) is 5.81. The van der Waals surface area contributed by atoms with Gasteiger partial charge in [-0.05, 0) is 30.3 Å². The lowest BCUT2D eigenvalue weighted by atomic mass is 10.3. The molecule has 0 bridgehead atoms. The maximum absolute atomic E-state index is 12.1. The van der Waals surface area contributed by atoms with Gasteiger partial charge in [0.15, 0.2) is 0 Å². The fraction of sp³-hybridized carbons (Fsp3) is 0.214. The molecule has 0 aliphatic rings. The molecule has 0 unspecified atom stereocenters. The van der Waals surface area contributed by atoms with Gasteiger partial charge in [-0.25, -0.2) is 0 Å². The molecule has 1 aromatic carbocycles. The molecule has 0 aliphatic carbocycles. The molecule has 1 aromatic heterocycles. The third-order valence-corrected chi connectivity index (χ3v) is 5.45. The third kappa shape index (κ3) is 4.81. The zero-order valence-electron chi connectivity index (χ0n) is 11.3. The van der Waals surface area contributed by atoms with E-state index in [-0.39, 0.29) is 5.91 Å². The van der Waals surface area contributed by atoms with Crippen LogP contribution in [-0.4, -0.2) is 23.6 Å². The molecule has 0 saturated carbocycles. The Morgan fingerprint density at radius 1 is 1.33 bits per heavy atom. The van der Waals surface area contributed by atoms with E-state index >= 15 is 0 Å². The number of hydrogen-bond acceptors (Lipinski definition) is 4. The van der Waals surface area contributed by atoms with Crippen LogP contribution in [0.1, 0.15) is 4.88 Å². The first-order chi connectivity index (χ1) is 9.95. The highest BCUT2D eigenvalue weighted by Gasteiger charge is 2.12. The molecule has 0 saturated heterocycles. The summed E-state index contributed by atoms with van der Waals surface area (Å²) in [6, 6.07) is 9.06. The highest BCUT2D eigenvalue weighted by atomic mass is 35.5. The van der Waals surface area contributed by atoms with Crippen molar-refractivity contribution in [1.29, 1.82) is 0 Å². The Balaban J connectivity index is 1.89. The van der Waals surface area contributed by atoms with Crippen LogP contribution in [0.25, 0.3) is 0 Å². The average Bonchev–Trinajstić information content (AvgIpc) is 2.82. The van der Waals surface area contributed by atoms with E-state index < -0.39 is 0 Å². The second kappa shape index (κ2) is 7.40. The predicted molar refractivity (Wildman–Crippen MR) is 92.4 cm³/mol. The minimum absolute atomic E-state index is 0.0393. The van der Waals surface area contributed by atoms with Crippen molar-refractivity contribution in [3.8, 4) is 0 Å². The molecule has 0 aliphatic heterocycles. The van der Waals surface area contributed by atoms with E-state index in [2.05, 4.69) is 0 Å². The van der Waals surface area contributed by atoms with Gasteiger partial charge in [0, 0.05) is 22.5 Å². The van der Waals surface area contributed by atoms with E-state index in [9.17, 15) is 4.79 Å². The molecule has 21 heavy (non-hydrogen) atoms. The van der Waals surface area contributed by atoms with Crippen molar-refractivity contribution in [2.75, 3.05) is 18.5 Å². The van der Waals surface area contributed by atoms with E-state index in [0.29, 0.717) is 23.0 Å². The van der Waals surface area contributed by atoms with E-state index in [1.54, 1.807) is 24.1 Å². The number of carbonyl (C=O) groups excluding carboxylic acids is 1. The summed E-state index contributed by atoms with van der Waals surface area (Å²) in [5, 5.41) is 0.570. The van der Waals surface area contributed by atoms with Crippen LogP contribution in [0.2, 0.25) is 9.36 Å². The summed E-state index contributed by atoms with van der Waals surface area (Å²) in [7, 11) is 1.78. The Morgan fingerprint density at radius 3 is 2.71 bits per heavy atom. The van der Waals surface area contributed by atoms with E-state index in [4.69, 9.17) is 28.9 Å². The first-order valence-electron chi connectivity index (χ1n) is 6.11. The smallest absolute Gasteiger partial charge is 0.233 e. The van der Waals surface area contributed by atoms with Gasteiger partial charge in [-0.2, -0.15) is 0 Å². The lowest BCUT2D eigenvalue weighted by Crippen LogP contribution is -2.27. The van der Waals surface area contributed by atoms with Gasteiger partial charge in [0.25, 0.3) is 0 Å². The van der Waals surface area contributed by atoms with Crippen molar-refractivity contribution in [3.05, 3.63) is 44.6 Å². The van der Waals surface area contributed by atoms with Gasteiger partial charge in [-0.15, -0.1) is 23.1 Å². The van der Waals surface area contributed by atoms with E-state index in [1.807, 2.05) is 18.2 Å². The maximum atomic E-state index is 12.1. The number of nitrogens with zero attached hydrogens (tertiary/aromatic N) is 1. The number of benzene rings is 1. The molecule has 0 radical (unpaired) electrons. The van der Waals surface area contributed by atoms with Crippen LogP contribution in [0.15, 0.2) is 35.2 Å². The van der Waals surface area contributed by atoms with Crippen molar-refractivity contribution in [3.63, 3.8) is 0 Å². The largest absolute Gasteiger partial charge is 0.399 e. The number of carbonyl (C=O) groups is 1. The fourth-order valence-corrected chi connectivity index (χ4v) is 4.00. The van der Waals surface area contributed by atoms with Crippen LogP contribution in [0.4, 0.5) is 5.69 Å². The van der Waals surface area contributed by atoms with Crippen LogP contribution in [0.3, 0.4) is 0 Å². The fourth-order valence-electron chi connectivity index (χ4n) is 1.64. The molecule has 2 N–H and O–H groups in total. The van der Waals surface area contributed by atoms with Crippen LogP contribution in [-0.2, 0) is 11.3 Å². The van der Waals surface area contributed by atoms with Crippen molar-refractivity contribution in [1.82, 2.24) is 4.90 Å². The number of halogens is 2. The molecular weight excluding hydrogens is 347 g/mol. The normalized spacial score (nSPS) is 10.6. The average molecular weight is 361 g/mol. The minimum Gasteiger partial charge on any atom is -0.399 e. The third-order valence-electron chi connectivity index (χ3n) is 2.75. The zero-order valence-corrected chi connectivity index (χ0v) is 14.5. The van der Waals surface area contributed by atoms with Crippen molar-refractivity contribution >= 4 is 57.9 Å². The molecule has 7 heteroatoms. The first-order valence-corrected chi connectivity index (χ1v) is 8.67. The Labute approximate surface area is 142 Å². The number of amides is 1. The van der Waals surface area contributed by atoms with Crippen LogP contribution in [0.5, 0.6) is 0 Å². The minimum atomic E-state index is 0.0393. The summed E-state index contributed by atoms with van der Waals surface area (Å²) < 4.78 is 0.730. The molecule has 1 heterocycles. The van der Waals surface area contributed by atoms with Crippen molar-refractivity contribution < 1.29 is 4.79 Å². The number of nitrogen functional groups attached to an aromatic ring is 1. The Hall–Kier alpha value is -0.880. The summed E-state index contributed by atoms with van der Waals surface area (Å²) in [5.74, 6) is 0.372. The predicted octanol–water partition coefficient (Wildman–Crippen LogP) is 4.39. The van der Waals surface area contributed by atoms with Gasteiger partial charge in [0.1, 0.15) is 0 Å². The first kappa shape index (κ1) is 16.5. The van der Waals surface area contributed by atoms with Gasteiger partial charge in [-0.1, -0.05) is 23.2 Å². The molecule has 3 nitrogen and oxygen atoms in total. The molecule has 2 aromatic rings. The maximum Gasteiger partial charge on any atom is 0.233 e. The highest BCUT2D eigenvalue weighted by molar-refractivity contribution is 8.00. The van der Waals surface area contributed by atoms with Gasteiger partial charge in [-0.3, -0.25) is 4.79 Å². The number of rotatable bonds is 5. The molecular formula is C14H14Cl2N2OS2. The molecule has 1 amide bonds. The second-order valence-corrected chi connectivity index (χ2v) is 7.66. The van der Waals surface area contributed by atoms with Gasteiger partial charge in [0.05, 0.1) is 21.7 Å². The summed E-state index contributed by atoms with van der Waals surface area (Å²) in [4.78, 5) is 15.7. The monoisotopic (exact) mass is 360 g/mol. The van der Waals surface area contributed by atoms with E-state index in [1.165, 1.54) is 23.1 Å². The summed E-state index contributed by atoms with van der Waals surface area (Å²) >= 11 is 14.9. The molecule has 0 spiro atoms. The van der Waals surface area contributed by atoms with Crippen molar-refractivity contribution in [2.24, 2.45) is 0 Å². The SMILES string of the molecule is CN(Cc1ccc(Cl)s1)C(=O)CSc1ccc(N)cc1Cl. The van der Waals surface area contributed by atoms with Gasteiger partial charge >= 0.3 is 0 Å². The number of hydrogen-bond donors (Lipinski definition) is 1. The molecule has 112 valence electrons. The topological polar surface area (TPSA) is 46.3 Å². The van der Waals surface area contributed by atoms with Crippen molar-refractivity contribution in [2.45, 2.75) is 11.4 Å². The highest BCUT2D eigenvalue weighted by Crippen LogP contribution is 2.29. The number of anilines is 1. The second-order valence-electron chi connectivity index (χ2n) is 4.43. The van der Waals surface area contributed by atoms with Gasteiger partial charge in [0.2, 0.25) is 5.91 Å². The number of thiophene rings is 1. The summed E-state index contributed by atoms with van der Waals surface area (Å²) in [6.45, 7) is 0.562. The number of thioether (sulfide) groups is 1. The van der Waals surface area contributed by atoms with Crippen LogP contribution < -0.4 is 5.73 Å². The summed E-state index contributed by atoms with van der Waals surface area (Å²) in [5.41, 5.74) is 6.25. The Bertz CT molecular complexity index is 646. The summed E-state index contributed by atoms with van der Waals surface area (Å²) in [6.07, 6.45) is 0. The zero-order chi connectivity index (χ0) is 15.4. The molecule has 0 fully saturated rings. The standard InChI is InChI=1S/C14H14Cl2N2OS2/c1-18(7-10-3-5-13(16)21-10)14(19)8-20-12-4-2-9(17)6-11(12)15/h2-6H,7-8,17H2,1H3. The van der Waals surface area contributed by atoms with Crippen LogP contribution >= 0.6 is 46.3 Å². The van der Waals surface area contributed by atoms with E-state index in [0.717, 1.165) is 14.1 Å². The van der Waals surface area contributed by atoms with Crippen LogP contribution in [0, 0.1) is 0 Å². The molecule has 2 rings (SSSR count).